The molecule has 7 nitrogen and oxygen atoms in total. The normalized spacial score (nSPS) is 21.7. The first-order valence-corrected chi connectivity index (χ1v) is 11.0. The van der Waals surface area contributed by atoms with Crippen LogP contribution in [0.5, 0.6) is 0 Å². The van der Waals surface area contributed by atoms with Gasteiger partial charge in [0.2, 0.25) is 0 Å². The molecular formula is C22H34IN7. The molecular weight excluding hydrogens is 489 g/mol. The first kappa shape index (κ1) is 23.0. The number of benzene rings is 1. The molecule has 1 saturated heterocycles. The standard InChI is InChI=1S/C22H33N7.HI/c1-3-23-22(26-20-12-8-14-29-21(20)25-17(2)27-29)24-15-19-11-7-13-28(19)16-18-9-5-4-6-10-18;/h4-6,9-10,19-20H,3,7-8,11-16H2,1-2H3,(H2,23,24,26);1H. The van der Waals surface area contributed by atoms with E-state index in [2.05, 4.69) is 62.9 Å². The second-order valence-corrected chi connectivity index (χ2v) is 8.05. The number of aromatic nitrogens is 3. The van der Waals surface area contributed by atoms with Gasteiger partial charge in [-0.15, -0.1) is 24.0 Å². The fourth-order valence-corrected chi connectivity index (χ4v) is 4.41. The highest BCUT2D eigenvalue weighted by molar-refractivity contribution is 14.0. The summed E-state index contributed by atoms with van der Waals surface area (Å²) < 4.78 is 2.04. The van der Waals surface area contributed by atoms with E-state index in [0.29, 0.717) is 6.04 Å². The molecule has 0 radical (unpaired) electrons. The number of aliphatic imine (C=N–C) groups is 1. The zero-order valence-corrected chi connectivity index (χ0v) is 20.4. The van der Waals surface area contributed by atoms with Crippen molar-refractivity contribution in [3.05, 3.63) is 47.5 Å². The number of rotatable bonds is 6. The van der Waals surface area contributed by atoms with Crippen LogP contribution in [0.1, 0.15) is 55.9 Å². The molecule has 2 unspecified atom stereocenters. The third-order valence-electron chi connectivity index (χ3n) is 5.82. The van der Waals surface area contributed by atoms with Gasteiger partial charge in [0.05, 0.1) is 12.6 Å². The van der Waals surface area contributed by atoms with Gasteiger partial charge < -0.3 is 10.6 Å². The zero-order valence-electron chi connectivity index (χ0n) is 18.0. The van der Waals surface area contributed by atoms with Gasteiger partial charge in [-0.05, 0) is 51.6 Å². The van der Waals surface area contributed by atoms with Gasteiger partial charge >= 0.3 is 0 Å². The van der Waals surface area contributed by atoms with Gasteiger partial charge in [-0.2, -0.15) is 5.10 Å². The number of nitrogens with one attached hydrogen (secondary N) is 2. The number of likely N-dealkylation sites (tertiary alicyclic amines) is 1. The van der Waals surface area contributed by atoms with Gasteiger partial charge in [0.25, 0.3) is 0 Å². The minimum Gasteiger partial charge on any atom is -0.357 e. The number of halogens is 1. The first-order chi connectivity index (χ1) is 14.2. The highest BCUT2D eigenvalue weighted by atomic mass is 127. The summed E-state index contributed by atoms with van der Waals surface area (Å²) in [4.78, 5) is 12.2. The molecule has 1 fully saturated rings. The highest BCUT2D eigenvalue weighted by Gasteiger charge is 2.26. The molecule has 4 rings (SSSR count). The fourth-order valence-electron chi connectivity index (χ4n) is 4.41. The number of hydrogen-bond acceptors (Lipinski definition) is 4. The SMILES string of the molecule is CCNC(=NCC1CCCN1Cc1ccccc1)NC1CCCn2nc(C)nc21.I. The van der Waals surface area contributed by atoms with E-state index in [1.807, 2.05) is 11.6 Å². The summed E-state index contributed by atoms with van der Waals surface area (Å²) in [6.45, 7) is 8.87. The third kappa shape index (κ3) is 5.72. The molecule has 0 aliphatic carbocycles. The fraction of sp³-hybridized carbons (Fsp3) is 0.591. The molecule has 30 heavy (non-hydrogen) atoms. The van der Waals surface area contributed by atoms with Crippen LogP contribution in [0, 0.1) is 6.92 Å². The summed E-state index contributed by atoms with van der Waals surface area (Å²) in [5.74, 6) is 2.77. The van der Waals surface area contributed by atoms with Crippen molar-refractivity contribution in [2.45, 2.75) is 64.7 Å². The van der Waals surface area contributed by atoms with Gasteiger partial charge in [-0.25, -0.2) is 9.67 Å². The zero-order chi connectivity index (χ0) is 20.1. The largest absolute Gasteiger partial charge is 0.357 e. The Labute approximate surface area is 196 Å². The van der Waals surface area contributed by atoms with E-state index >= 15 is 0 Å². The lowest BCUT2D eigenvalue weighted by atomic mass is 10.1. The maximum Gasteiger partial charge on any atom is 0.191 e. The summed E-state index contributed by atoms with van der Waals surface area (Å²) in [5.41, 5.74) is 1.38. The second kappa shape index (κ2) is 11.1. The van der Waals surface area contributed by atoms with Crippen LogP contribution in [0.15, 0.2) is 35.3 Å². The van der Waals surface area contributed by atoms with E-state index in [1.165, 1.54) is 18.4 Å². The summed E-state index contributed by atoms with van der Waals surface area (Å²) in [7, 11) is 0. The van der Waals surface area contributed by atoms with Crippen LogP contribution in [-0.2, 0) is 13.1 Å². The lowest BCUT2D eigenvalue weighted by Gasteiger charge is -2.26. The molecule has 0 amide bonds. The summed E-state index contributed by atoms with van der Waals surface area (Å²) in [6.07, 6.45) is 4.64. The van der Waals surface area contributed by atoms with Crippen LogP contribution < -0.4 is 10.6 Å². The number of nitrogens with zero attached hydrogens (tertiary/aromatic N) is 5. The van der Waals surface area contributed by atoms with E-state index in [-0.39, 0.29) is 30.0 Å². The van der Waals surface area contributed by atoms with Gasteiger partial charge in [0.1, 0.15) is 11.6 Å². The molecule has 2 atom stereocenters. The molecule has 2 aliphatic heterocycles. The molecule has 3 heterocycles. The number of guanidine groups is 1. The molecule has 0 bridgehead atoms. The molecule has 8 heteroatoms. The monoisotopic (exact) mass is 523 g/mol. The molecule has 0 saturated carbocycles. The predicted molar refractivity (Wildman–Crippen MR) is 131 cm³/mol. The molecule has 2 aliphatic rings. The maximum atomic E-state index is 4.96. The van der Waals surface area contributed by atoms with E-state index in [9.17, 15) is 0 Å². The summed E-state index contributed by atoms with van der Waals surface area (Å²) >= 11 is 0. The minimum absolute atomic E-state index is 0. The van der Waals surface area contributed by atoms with E-state index in [0.717, 1.165) is 63.2 Å². The lowest BCUT2D eigenvalue weighted by Crippen LogP contribution is -2.42. The van der Waals surface area contributed by atoms with Crippen LogP contribution in [0.25, 0.3) is 0 Å². The third-order valence-corrected chi connectivity index (χ3v) is 5.82. The Morgan fingerprint density at radius 3 is 2.77 bits per heavy atom. The molecule has 1 aromatic heterocycles. The number of aryl methyl sites for hydroxylation is 2. The Hall–Kier alpha value is -1.68. The molecule has 2 N–H and O–H groups in total. The summed E-state index contributed by atoms with van der Waals surface area (Å²) in [5, 5.41) is 11.5. The molecule has 2 aromatic rings. The van der Waals surface area contributed by atoms with Gasteiger partial charge in [0, 0.05) is 25.7 Å². The van der Waals surface area contributed by atoms with Crippen molar-refractivity contribution in [2.75, 3.05) is 19.6 Å². The quantitative estimate of drug-likeness (QED) is 0.346. The Kier molecular flexibility index (Phi) is 8.50. The van der Waals surface area contributed by atoms with Gasteiger partial charge in [-0.3, -0.25) is 9.89 Å². The van der Waals surface area contributed by atoms with Crippen molar-refractivity contribution in [1.29, 1.82) is 0 Å². The van der Waals surface area contributed by atoms with Crippen molar-refractivity contribution >= 4 is 29.9 Å². The topological polar surface area (TPSA) is 70.4 Å². The Balaban J connectivity index is 0.00000256. The van der Waals surface area contributed by atoms with Crippen LogP contribution in [0.2, 0.25) is 0 Å². The smallest absolute Gasteiger partial charge is 0.191 e. The van der Waals surface area contributed by atoms with Crippen LogP contribution in [-0.4, -0.2) is 51.3 Å². The van der Waals surface area contributed by atoms with Crippen molar-refractivity contribution in [3.8, 4) is 0 Å². The predicted octanol–water partition coefficient (Wildman–Crippen LogP) is 3.26. The lowest BCUT2D eigenvalue weighted by molar-refractivity contribution is 0.250. The van der Waals surface area contributed by atoms with E-state index < -0.39 is 0 Å². The van der Waals surface area contributed by atoms with Crippen molar-refractivity contribution in [2.24, 2.45) is 4.99 Å². The Bertz CT molecular complexity index is 820. The Morgan fingerprint density at radius 1 is 1.17 bits per heavy atom. The maximum absolute atomic E-state index is 4.96. The van der Waals surface area contributed by atoms with Crippen LogP contribution in [0.4, 0.5) is 0 Å². The van der Waals surface area contributed by atoms with Gasteiger partial charge in [0.15, 0.2) is 5.96 Å². The minimum atomic E-state index is 0. The van der Waals surface area contributed by atoms with Crippen molar-refractivity contribution < 1.29 is 0 Å². The average Bonchev–Trinajstić information content (AvgIpc) is 3.33. The van der Waals surface area contributed by atoms with Crippen LogP contribution >= 0.6 is 24.0 Å². The van der Waals surface area contributed by atoms with Crippen molar-refractivity contribution in [1.82, 2.24) is 30.3 Å². The van der Waals surface area contributed by atoms with Gasteiger partial charge in [-0.1, -0.05) is 30.3 Å². The molecule has 1 aromatic carbocycles. The average molecular weight is 523 g/mol. The molecule has 164 valence electrons. The highest BCUT2D eigenvalue weighted by Crippen LogP contribution is 2.23. The van der Waals surface area contributed by atoms with E-state index in [4.69, 9.17) is 4.99 Å². The number of fused-ring (bicyclic) bond motifs is 1. The van der Waals surface area contributed by atoms with E-state index in [1.54, 1.807) is 0 Å². The summed E-state index contributed by atoms with van der Waals surface area (Å²) in [6, 6.07) is 11.4. The van der Waals surface area contributed by atoms with Crippen LogP contribution in [0.3, 0.4) is 0 Å². The second-order valence-electron chi connectivity index (χ2n) is 8.05. The molecule has 0 spiro atoms. The first-order valence-electron chi connectivity index (χ1n) is 11.0. The Morgan fingerprint density at radius 2 is 1.97 bits per heavy atom. The van der Waals surface area contributed by atoms with Crippen molar-refractivity contribution in [3.63, 3.8) is 0 Å². The number of hydrogen-bond donors (Lipinski definition) is 2.